The predicted molar refractivity (Wildman–Crippen MR) is 76.6 cm³/mol. The van der Waals surface area contributed by atoms with Crippen LogP contribution in [-0.2, 0) is 11.2 Å². The zero-order valence-electron chi connectivity index (χ0n) is 11.8. The summed E-state index contributed by atoms with van der Waals surface area (Å²) in [6, 6.07) is 5.94. The number of carbonyl (C=O) groups is 1. The number of nitrogens with two attached hydrogens (primary N) is 1. The van der Waals surface area contributed by atoms with E-state index in [-0.39, 0.29) is 11.9 Å². The number of amides is 1. The first-order valence-corrected chi connectivity index (χ1v) is 6.59. The molecule has 1 aromatic carbocycles. The van der Waals surface area contributed by atoms with E-state index in [0.717, 1.165) is 12.1 Å². The molecule has 1 unspecified atom stereocenters. The lowest BCUT2D eigenvalue weighted by molar-refractivity contribution is -0.116. The molecule has 0 fully saturated rings. The largest absolute Gasteiger partial charge is 0.327 e. The molecule has 3 N–H and O–H groups in total. The monoisotopic (exact) mass is 248 g/mol. The third-order valence-electron chi connectivity index (χ3n) is 3.28. The molecule has 0 aliphatic carbocycles. The molecule has 0 saturated heterocycles. The van der Waals surface area contributed by atoms with E-state index >= 15 is 0 Å². The second-order valence-corrected chi connectivity index (χ2v) is 5.15. The molecule has 3 heteroatoms. The van der Waals surface area contributed by atoms with Crippen LogP contribution in [0.4, 0.5) is 5.69 Å². The van der Waals surface area contributed by atoms with Crippen LogP contribution < -0.4 is 11.1 Å². The molecule has 3 nitrogen and oxygen atoms in total. The van der Waals surface area contributed by atoms with Crippen LogP contribution in [0.5, 0.6) is 0 Å². The van der Waals surface area contributed by atoms with Crippen molar-refractivity contribution in [2.75, 3.05) is 5.32 Å². The third kappa shape index (κ3) is 4.15. The molecule has 0 aromatic heterocycles. The summed E-state index contributed by atoms with van der Waals surface area (Å²) in [5.41, 5.74) is 9.26. The van der Waals surface area contributed by atoms with E-state index in [2.05, 4.69) is 25.2 Å². The van der Waals surface area contributed by atoms with E-state index in [1.54, 1.807) is 0 Å². The molecular formula is C15H24N2O. The first-order chi connectivity index (χ1) is 8.43. The van der Waals surface area contributed by atoms with Crippen molar-refractivity contribution in [1.82, 2.24) is 0 Å². The Morgan fingerprint density at radius 2 is 2.06 bits per heavy atom. The van der Waals surface area contributed by atoms with Gasteiger partial charge >= 0.3 is 0 Å². The van der Waals surface area contributed by atoms with Crippen molar-refractivity contribution in [1.29, 1.82) is 0 Å². The average Bonchev–Trinajstić information content (AvgIpc) is 2.28. The highest BCUT2D eigenvalue weighted by Gasteiger charge is 2.13. The predicted octanol–water partition coefficient (Wildman–Crippen LogP) is 2.87. The quantitative estimate of drug-likeness (QED) is 0.842. The molecule has 0 aliphatic heterocycles. The third-order valence-corrected chi connectivity index (χ3v) is 3.28. The maximum Gasteiger partial charge on any atom is 0.225 e. The minimum Gasteiger partial charge on any atom is -0.327 e. The zero-order chi connectivity index (χ0) is 13.7. The van der Waals surface area contributed by atoms with Gasteiger partial charge in [-0.1, -0.05) is 26.8 Å². The molecule has 0 aliphatic rings. The van der Waals surface area contributed by atoms with Gasteiger partial charge in [0.05, 0.1) is 0 Å². The van der Waals surface area contributed by atoms with Crippen LogP contribution in [0.3, 0.4) is 0 Å². The Labute approximate surface area is 110 Å². The second kappa shape index (κ2) is 6.55. The van der Waals surface area contributed by atoms with Crippen LogP contribution in [0, 0.1) is 12.8 Å². The van der Waals surface area contributed by atoms with Crippen molar-refractivity contribution in [3.8, 4) is 0 Å². The Morgan fingerprint density at radius 3 is 2.56 bits per heavy atom. The number of hydrogen-bond acceptors (Lipinski definition) is 2. The summed E-state index contributed by atoms with van der Waals surface area (Å²) in [5, 5.41) is 2.90. The number of nitrogens with one attached hydrogen (secondary N) is 1. The fraction of sp³-hybridized carbons (Fsp3) is 0.533. The molecule has 0 heterocycles. The van der Waals surface area contributed by atoms with Crippen LogP contribution in [0.15, 0.2) is 18.2 Å². The number of carbonyl (C=O) groups excluding carboxylic acids is 1. The van der Waals surface area contributed by atoms with E-state index < -0.39 is 0 Å². The molecule has 18 heavy (non-hydrogen) atoms. The Kier molecular flexibility index (Phi) is 5.35. The van der Waals surface area contributed by atoms with Gasteiger partial charge in [-0.25, -0.2) is 0 Å². The van der Waals surface area contributed by atoms with Crippen LogP contribution in [0.1, 0.15) is 38.3 Å². The van der Waals surface area contributed by atoms with E-state index in [1.165, 1.54) is 11.1 Å². The number of anilines is 1. The van der Waals surface area contributed by atoms with Crippen molar-refractivity contribution in [3.05, 3.63) is 29.3 Å². The fourth-order valence-corrected chi connectivity index (χ4v) is 1.83. The highest BCUT2D eigenvalue weighted by Crippen LogP contribution is 2.16. The minimum atomic E-state index is -0.0824. The maximum absolute atomic E-state index is 11.8. The topological polar surface area (TPSA) is 55.1 Å². The molecule has 0 bridgehead atoms. The van der Waals surface area contributed by atoms with Gasteiger partial charge in [-0.05, 0) is 42.5 Å². The van der Waals surface area contributed by atoms with Gasteiger partial charge in [-0.2, -0.15) is 0 Å². The van der Waals surface area contributed by atoms with Gasteiger partial charge in [-0.3, -0.25) is 4.79 Å². The Bertz CT molecular complexity index is 413. The Hall–Kier alpha value is -1.35. The van der Waals surface area contributed by atoms with Crippen molar-refractivity contribution in [2.45, 2.75) is 46.6 Å². The van der Waals surface area contributed by atoms with E-state index in [1.807, 2.05) is 26.0 Å². The van der Waals surface area contributed by atoms with Gasteiger partial charge in [0, 0.05) is 18.2 Å². The van der Waals surface area contributed by atoms with Gasteiger partial charge in [-0.15, -0.1) is 0 Å². The highest BCUT2D eigenvalue weighted by atomic mass is 16.1. The summed E-state index contributed by atoms with van der Waals surface area (Å²) in [7, 11) is 0. The Balaban J connectivity index is 2.62. The minimum absolute atomic E-state index is 0.0140. The lowest BCUT2D eigenvalue weighted by Crippen LogP contribution is -2.31. The van der Waals surface area contributed by atoms with Gasteiger partial charge < -0.3 is 11.1 Å². The maximum atomic E-state index is 11.8. The molecule has 0 radical (unpaired) electrons. The molecule has 1 amide bonds. The van der Waals surface area contributed by atoms with Gasteiger partial charge in [0.15, 0.2) is 0 Å². The molecular weight excluding hydrogens is 224 g/mol. The number of benzene rings is 1. The number of aryl methyl sites for hydroxylation is 2. The summed E-state index contributed by atoms with van der Waals surface area (Å²) in [4.78, 5) is 11.8. The van der Waals surface area contributed by atoms with E-state index in [9.17, 15) is 4.79 Å². The SMILES string of the molecule is CCc1ccc(NC(=O)CC(N)C(C)C)cc1C. The molecule has 100 valence electrons. The van der Waals surface area contributed by atoms with Crippen molar-refractivity contribution >= 4 is 11.6 Å². The summed E-state index contributed by atoms with van der Waals surface area (Å²) < 4.78 is 0. The molecule has 1 aromatic rings. The van der Waals surface area contributed by atoms with Gasteiger partial charge in [0.1, 0.15) is 0 Å². The van der Waals surface area contributed by atoms with Crippen LogP contribution in [0.2, 0.25) is 0 Å². The molecule has 1 rings (SSSR count). The lowest BCUT2D eigenvalue weighted by Gasteiger charge is -2.15. The van der Waals surface area contributed by atoms with E-state index in [0.29, 0.717) is 12.3 Å². The lowest BCUT2D eigenvalue weighted by atomic mass is 10.0. The summed E-state index contributed by atoms with van der Waals surface area (Å²) in [5.74, 6) is 0.305. The van der Waals surface area contributed by atoms with Crippen LogP contribution >= 0.6 is 0 Å². The number of rotatable bonds is 5. The molecule has 1 atom stereocenters. The van der Waals surface area contributed by atoms with Crippen LogP contribution in [0.25, 0.3) is 0 Å². The van der Waals surface area contributed by atoms with Crippen LogP contribution in [-0.4, -0.2) is 11.9 Å². The van der Waals surface area contributed by atoms with Crippen molar-refractivity contribution in [3.63, 3.8) is 0 Å². The Morgan fingerprint density at radius 1 is 1.39 bits per heavy atom. The van der Waals surface area contributed by atoms with Gasteiger partial charge in [0.2, 0.25) is 5.91 Å². The van der Waals surface area contributed by atoms with E-state index in [4.69, 9.17) is 5.73 Å². The van der Waals surface area contributed by atoms with Crippen molar-refractivity contribution < 1.29 is 4.79 Å². The fourth-order valence-electron chi connectivity index (χ4n) is 1.83. The smallest absolute Gasteiger partial charge is 0.225 e. The van der Waals surface area contributed by atoms with Crippen molar-refractivity contribution in [2.24, 2.45) is 11.7 Å². The average molecular weight is 248 g/mol. The zero-order valence-corrected chi connectivity index (χ0v) is 11.8. The second-order valence-electron chi connectivity index (χ2n) is 5.15. The van der Waals surface area contributed by atoms with Gasteiger partial charge in [0.25, 0.3) is 0 Å². The number of hydrogen-bond donors (Lipinski definition) is 2. The normalized spacial score (nSPS) is 12.6. The summed E-state index contributed by atoms with van der Waals surface area (Å²) >= 11 is 0. The summed E-state index contributed by atoms with van der Waals surface area (Å²) in [6.07, 6.45) is 1.38. The standard InChI is InChI=1S/C15H24N2O/c1-5-12-6-7-13(8-11(12)4)17-15(18)9-14(16)10(2)3/h6-8,10,14H,5,9,16H2,1-4H3,(H,17,18). The molecule has 0 spiro atoms. The highest BCUT2D eigenvalue weighted by molar-refractivity contribution is 5.91. The summed E-state index contributed by atoms with van der Waals surface area (Å²) in [6.45, 7) is 8.24. The first kappa shape index (κ1) is 14.7. The molecule has 0 saturated carbocycles. The first-order valence-electron chi connectivity index (χ1n) is 6.59.